The molecule has 1 amide bonds. The average Bonchev–Trinajstić information content (AvgIpc) is 3.24. The van der Waals surface area contributed by atoms with E-state index in [4.69, 9.17) is 35.3 Å². The van der Waals surface area contributed by atoms with E-state index in [2.05, 4.69) is 0 Å². The molecule has 4 aromatic carbocycles. The number of hydrogen-bond acceptors (Lipinski definition) is 9. The standard InChI is InChI=1S/C32H28ClNO9S/c1-20(2)41-27-13-9-8-12-24(27)32(43-31(36)42-22-10-6-5-7-11-22)25-18-21(33)14-16-26(25)34(30(32)35)44(37,38)29-17-15-23(39-3)19-28(29)40-4/h5-20H,1-4H3. The molecule has 0 aromatic heterocycles. The summed E-state index contributed by atoms with van der Waals surface area (Å²) in [5, 5.41) is 0.157. The third kappa shape index (κ3) is 5.40. The Morgan fingerprint density at radius 2 is 1.52 bits per heavy atom. The predicted molar refractivity (Wildman–Crippen MR) is 162 cm³/mol. The van der Waals surface area contributed by atoms with E-state index >= 15 is 0 Å². The van der Waals surface area contributed by atoms with Gasteiger partial charge in [0, 0.05) is 16.7 Å². The van der Waals surface area contributed by atoms with Crippen LogP contribution in [0.5, 0.6) is 23.0 Å². The highest BCUT2D eigenvalue weighted by molar-refractivity contribution is 7.93. The number of methoxy groups -OCH3 is 2. The second kappa shape index (κ2) is 12.1. The van der Waals surface area contributed by atoms with Crippen LogP contribution in [-0.2, 0) is 25.2 Å². The molecule has 12 heteroatoms. The molecule has 10 nitrogen and oxygen atoms in total. The Labute approximate surface area is 259 Å². The van der Waals surface area contributed by atoms with Crippen LogP contribution in [0, 0.1) is 0 Å². The second-order valence-electron chi connectivity index (χ2n) is 9.86. The number of ether oxygens (including phenoxy) is 5. The normalized spacial score (nSPS) is 16.0. The van der Waals surface area contributed by atoms with Crippen LogP contribution in [0.4, 0.5) is 10.5 Å². The molecule has 1 heterocycles. The van der Waals surface area contributed by atoms with Crippen molar-refractivity contribution in [2.75, 3.05) is 18.5 Å². The summed E-state index contributed by atoms with van der Waals surface area (Å²) >= 11 is 6.42. The summed E-state index contributed by atoms with van der Waals surface area (Å²) in [6.07, 6.45) is -1.63. The maximum Gasteiger partial charge on any atom is 0.515 e. The Hall–Kier alpha value is -4.74. The summed E-state index contributed by atoms with van der Waals surface area (Å²) in [5.74, 6) is -0.545. The number of benzene rings is 4. The first kappa shape index (κ1) is 30.7. The zero-order chi connectivity index (χ0) is 31.6. The van der Waals surface area contributed by atoms with Crippen LogP contribution in [0.2, 0.25) is 5.02 Å². The smallest absolute Gasteiger partial charge is 0.497 e. The van der Waals surface area contributed by atoms with E-state index in [1.54, 1.807) is 50.2 Å². The van der Waals surface area contributed by atoms with Crippen molar-refractivity contribution in [2.24, 2.45) is 0 Å². The van der Waals surface area contributed by atoms with Gasteiger partial charge in [-0.3, -0.25) is 4.79 Å². The molecule has 1 atom stereocenters. The van der Waals surface area contributed by atoms with Crippen molar-refractivity contribution in [2.45, 2.75) is 30.4 Å². The Morgan fingerprint density at radius 1 is 0.818 bits per heavy atom. The molecule has 0 spiro atoms. The van der Waals surface area contributed by atoms with E-state index in [-0.39, 0.29) is 50.1 Å². The predicted octanol–water partition coefficient (Wildman–Crippen LogP) is 6.34. The molecule has 1 aliphatic heterocycles. The van der Waals surface area contributed by atoms with Crippen LogP contribution in [0.3, 0.4) is 0 Å². The Bertz CT molecular complexity index is 1830. The van der Waals surface area contributed by atoms with Crippen LogP contribution < -0.4 is 23.3 Å². The number of hydrogen-bond donors (Lipinski definition) is 0. The zero-order valence-corrected chi connectivity index (χ0v) is 25.7. The van der Waals surface area contributed by atoms with Crippen LogP contribution in [0.1, 0.15) is 25.0 Å². The lowest BCUT2D eigenvalue weighted by Gasteiger charge is -2.30. The van der Waals surface area contributed by atoms with E-state index in [9.17, 15) is 18.0 Å². The topological polar surface area (TPSA) is 118 Å². The second-order valence-corrected chi connectivity index (χ2v) is 12.1. The number of para-hydroxylation sites is 2. The molecule has 4 aromatic rings. The molecule has 44 heavy (non-hydrogen) atoms. The lowest BCUT2D eigenvalue weighted by atomic mass is 9.86. The third-order valence-corrected chi connectivity index (χ3v) is 8.71. The molecule has 5 rings (SSSR count). The van der Waals surface area contributed by atoms with Crippen molar-refractivity contribution in [3.63, 3.8) is 0 Å². The van der Waals surface area contributed by atoms with Gasteiger partial charge in [-0.2, -0.15) is 4.31 Å². The number of nitrogens with zero attached hydrogens (tertiary/aromatic N) is 1. The van der Waals surface area contributed by atoms with Crippen molar-refractivity contribution >= 4 is 39.4 Å². The molecule has 0 fully saturated rings. The van der Waals surface area contributed by atoms with E-state index in [0.29, 0.717) is 10.1 Å². The number of sulfonamides is 1. The van der Waals surface area contributed by atoms with Gasteiger partial charge in [0.1, 0.15) is 27.9 Å². The van der Waals surface area contributed by atoms with Gasteiger partial charge in [0.25, 0.3) is 21.5 Å². The molecule has 0 saturated carbocycles. The van der Waals surface area contributed by atoms with Gasteiger partial charge in [-0.05, 0) is 62.4 Å². The van der Waals surface area contributed by atoms with Gasteiger partial charge in [0.05, 0.1) is 31.6 Å². The van der Waals surface area contributed by atoms with Crippen molar-refractivity contribution in [1.29, 1.82) is 0 Å². The molecular weight excluding hydrogens is 610 g/mol. The van der Waals surface area contributed by atoms with Crippen molar-refractivity contribution in [3.05, 3.63) is 107 Å². The fourth-order valence-electron chi connectivity index (χ4n) is 4.92. The Kier molecular flexibility index (Phi) is 8.44. The van der Waals surface area contributed by atoms with Crippen LogP contribution in [0.25, 0.3) is 0 Å². The lowest BCUT2D eigenvalue weighted by Crippen LogP contribution is -2.47. The minimum Gasteiger partial charge on any atom is -0.497 e. The molecular formula is C32H28ClNO9S. The van der Waals surface area contributed by atoms with E-state index < -0.39 is 27.7 Å². The summed E-state index contributed by atoms with van der Waals surface area (Å²) < 4.78 is 57.3. The number of carbonyl (C=O) groups excluding carboxylic acids is 2. The van der Waals surface area contributed by atoms with Crippen LogP contribution in [-0.4, -0.2) is 40.8 Å². The van der Waals surface area contributed by atoms with E-state index in [1.807, 2.05) is 0 Å². The highest BCUT2D eigenvalue weighted by Gasteiger charge is 2.61. The van der Waals surface area contributed by atoms with Crippen molar-refractivity contribution in [1.82, 2.24) is 0 Å². The number of carbonyl (C=O) groups is 2. The monoisotopic (exact) mass is 637 g/mol. The third-order valence-electron chi connectivity index (χ3n) is 6.74. The molecule has 0 N–H and O–H groups in total. The maximum atomic E-state index is 14.8. The van der Waals surface area contributed by atoms with Gasteiger partial charge < -0.3 is 23.7 Å². The van der Waals surface area contributed by atoms with Gasteiger partial charge in [0.15, 0.2) is 0 Å². The van der Waals surface area contributed by atoms with Gasteiger partial charge in [-0.25, -0.2) is 13.2 Å². The van der Waals surface area contributed by atoms with Crippen LogP contribution >= 0.6 is 11.6 Å². The van der Waals surface area contributed by atoms with Gasteiger partial charge in [-0.15, -0.1) is 0 Å². The summed E-state index contributed by atoms with van der Waals surface area (Å²) in [6.45, 7) is 3.56. The number of halogens is 1. The number of anilines is 1. The van der Waals surface area contributed by atoms with Gasteiger partial charge >= 0.3 is 6.16 Å². The quantitative estimate of drug-likeness (QED) is 0.153. The molecule has 228 valence electrons. The summed E-state index contributed by atoms with van der Waals surface area (Å²) in [4.78, 5) is 27.9. The minimum absolute atomic E-state index is 0.0177. The Balaban J connectivity index is 1.76. The zero-order valence-electron chi connectivity index (χ0n) is 24.1. The fraction of sp³-hybridized carbons (Fsp3) is 0.188. The molecule has 0 radical (unpaired) electrons. The summed E-state index contributed by atoms with van der Waals surface area (Å²) in [6, 6.07) is 22.7. The average molecular weight is 638 g/mol. The van der Waals surface area contributed by atoms with Gasteiger partial charge in [-0.1, -0.05) is 48.0 Å². The Morgan fingerprint density at radius 3 is 2.20 bits per heavy atom. The lowest BCUT2D eigenvalue weighted by molar-refractivity contribution is -0.132. The maximum absolute atomic E-state index is 14.8. The van der Waals surface area contributed by atoms with Gasteiger partial charge in [0.2, 0.25) is 0 Å². The largest absolute Gasteiger partial charge is 0.515 e. The summed E-state index contributed by atoms with van der Waals surface area (Å²) in [5.41, 5.74) is -2.45. The number of rotatable bonds is 9. The fourth-order valence-corrected chi connectivity index (χ4v) is 6.69. The van der Waals surface area contributed by atoms with Crippen LogP contribution in [0.15, 0.2) is 95.9 Å². The molecule has 1 unspecified atom stereocenters. The highest BCUT2D eigenvalue weighted by atomic mass is 35.5. The van der Waals surface area contributed by atoms with E-state index in [1.165, 1.54) is 68.8 Å². The SMILES string of the molecule is COc1ccc(S(=O)(=O)N2C(=O)C(OC(=O)Oc3ccccc3)(c3ccccc3OC(C)C)c3cc(Cl)ccc32)c(OC)c1. The first-order valence-electron chi connectivity index (χ1n) is 13.4. The minimum atomic E-state index is -4.70. The molecule has 0 aliphatic carbocycles. The first-order chi connectivity index (χ1) is 21.0. The molecule has 0 saturated heterocycles. The number of amides is 1. The number of fused-ring (bicyclic) bond motifs is 1. The van der Waals surface area contributed by atoms with Crippen molar-refractivity contribution in [3.8, 4) is 23.0 Å². The first-order valence-corrected chi connectivity index (χ1v) is 15.2. The van der Waals surface area contributed by atoms with Crippen molar-refractivity contribution < 1.29 is 41.7 Å². The molecule has 1 aliphatic rings. The highest BCUT2D eigenvalue weighted by Crippen LogP contribution is 2.52. The summed E-state index contributed by atoms with van der Waals surface area (Å²) in [7, 11) is -1.99. The van der Waals surface area contributed by atoms with E-state index in [0.717, 1.165) is 0 Å². The molecule has 0 bridgehead atoms.